The number of para-hydroxylation sites is 1. The summed E-state index contributed by atoms with van der Waals surface area (Å²) in [5.41, 5.74) is 0.911. The third-order valence-electron chi connectivity index (χ3n) is 4.82. The van der Waals surface area contributed by atoms with E-state index in [-0.39, 0.29) is 11.8 Å². The van der Waals surface area contributed by atoms with Gasteiger partial charge in [-0.1, -0.05) is 30.2 Å². The molecular weight excluding hydrogens is 310 g/mol. The molecule has 1 N–H and O–H groups in total. The summed E-state index contributed by atoms with van der Waals surface area (Å²) in [6.07, 6.45) is 4.77. The summed E-state index contributed by atoms with van der Waals surface area (Å²) in [5, 5.41) is 4.18. The average Bonchev–Trinajstić information content (AvgIpc) is 3.14. The lowest BCUT2D eigenvalue weighted by Gasteiger charge is -2.38. The minimum Gasteiger partial charge on any atom is -0.494 e. The molecule has 1 saturated heterocycles. The highest BCUT2D eigenvalue weighted by Gasteiger charge is 2.35. The molecule has 0 spiro atoms. The van der Waals surface area contributed by atoms with Crippen LogP contribution in [0, 0.1) is 5.92 Å². The number of amides is 1. The van der Waals surface area contributed by atoms with Crippen LogP contribution >= 0.6 is 11.3 Å². The van der Waals surface area contributed by atoms with Gasteiger partial charge in [-0.2, -0.15) is 0 Å². The van der Waals surface area contributed by atoms with E-state index in [4.69, 9.17) is 9.72 Å². The number of fused-ring (bicyclic) bond motifs is 1. The number of methoxy groups -OCH3 is 1. The Morgan fingerprint density at radius 2 is 2.13 bits per heavy atom. The quantitative estimate of drug-likeness (QED) is 0.936. The summed E-state index contributed by atoms with van der Waals surface area (Å²) in [4.78, 5) is 19.1. The second-order valence-corrected chi connectivity index (χ2v) is 7.40. The van der Waals surface area contributed by atoms with E-state index in [0.29, 0.717) is 6.04 Å². The van der Waals surface area contributed by atoms with Crippen LogP contribution in [0.15, 0.2) is 18.2 Å². The molecule has 4 rings (SSSR count). The maximum atomic E-state index is 12.3. The Hall–Kier alpha value is -1.82. The fourth-order valence-electron chi connectivity index (χ4n) is 3.40. The van der Waals surface area contributed by atoms with Crippen LogP contribution in [0.3, 0.4) is 0 Å². The topological polar surface area (TPSA) is 54.5 Å². The van der Waals surface area contributed by atoms with Gasteiger partial charge in [0.25, 0.3) is 0 Å². The first-order chi connectivity index (χ1) is 11.2. The smallest absolute Gasteiger partial charge is 0.226 e. The molecule has 2 aliphatic rings. The van der Waals surface area contributed by atoms with Crippen LogP contribution in [0.1, 0.15) is 25.7 Å². The Bertz CT molecular complexity index is 718. The fourth-order valence-corrected chi connectivity index (χ4v) is 4.40. The van der Waals surface area contributed by atoms with Crippen LogP contribution in [0.25, 0.3) is 10.2 Å². The number of nitrogens with one attached hydrogen (secondary N) is 1. The minimum atomic E-state index is 0.101. The molecule has 1 amide bonds. The molecule has 2 fully saturated rings. The summed E-state index contributed by atoms with van der Waals surface area (Å²) in [5.74, 6) is 1.12. The van der Waals surface area contributed by atoms with Crippen molar-refractivity contribution in [3.63, 3.8) is 0 Å². The average molecular weight is 331 g/mol. The summed E-state index contributed by atoms with van der Waals surface area (Å²) in [7, 11) is 1.67. The number of carbonyl (C=O) groups is 1. The van der Waals surface area contributed by atoms with Crippen LogP contribution in [0.2, 0.25) is 0 Å². The molecule has 6 heteroatoms. The molecule has 23 heavy (non-hydrogen) atoms. The Balaban J connectivity index is 1.40. The number of thiazole rings is 1. The van der Waals surface area contributed by atoms with Crippen LogP contribution in [0.4, 0.5) is 5.13 Å². The number of hydrogen-bond acceptors (Lipinski definition) is 5. The van der Waals surface area contributed by atoms with Gasteiger partial charge < -0.3 is 15.0 Å². The van der Waals surface area contributed by atoms with E-state index < -0.39 is 0 Å². The summed E-state index contributed by atoms with van der Waals surface area (Å²) >= 11 is 1.66. The number of nitrogens with zero attached hydrogens (tertiary/aromatic N) is 2. The van der Waals surface area contributed by atoms with Gasteiger partial charge in [-0.15, -0.1) is 0 Å². The lowest BCUT2D eigenvalue weighted by Crippen LogP contribution is -2.55. The Kier molecular flexibility index (Phi) is 3.85. The molecule has 0 bridgehead atoms. The molecule has 122 valence electrons. The highest BCUT2D eigenvalue weighted by Crippen LogP contribution is 2.36. The predicted molar refractivity (Wildman–Crippen MR) is 92.3 cm³/mol. The second kappa shape index (κ2) is 6.00. The molecular formula is C17H21N3O2S. The van der Waals surface area contributed by atoms with Crippen molar-refractivity contribution in [1.29, 1.82) is 0 Å². The zero-order chi connectivity index (χ0) is 15.8. The maximum absolute atomic E-state index is 12.3. The zero-order valence-electron chi connectivity index (χ0n) is 13.2. The van der Waals surface area contributed by atoms with Gasteiger partial charge >= 0.3 is 0 Å². The molecule has 2 heterocycles. The summed E-state index contributed by atoms with van der Waals surface area (Å²) in [6, 6.07) is 6.38. The monoisotopic (exact) mass is 331 g/mol. The number of benzene rings is 1. The standard InChI is InChI=1S/C17H21N3O2S/c1-22-13-7-4-8-14-15(13)19-17(23-14)20-9-11(10-20)16(21)18-12-5-2-3-6-12/h4,7-8,11-12H,2-3,5-6,9-10H2,1H3,(H,18,21). The highest BCUT2D eigenvalue weighted by atomic mass is 32.1. The first-order valence-electron chi connectivity index (χ1n) is 8.23. The molecule has 1 saturated carbocycles. The molecule has 0 radical (unpaired) electrons. The zero-order valence-corrected chi connectivity index (χ0v) is 14.1. The summed E-state index contributed by atoms with van der Waals surface area (Å²) < 4.78 is 6.49. The van der Waals surface area contributed by atoms with Crippen LogP contribution in [-0.2, 0) is 4.79 Å². The van der Waals surface area contributed by atoms with Crippen molar-refractivity contribution in [3.05, 3.63) is 18.2 Å². The third kappa shape index (κ3) is 2.76. The molecule has 0 unspecified atom stereocenters. The largest absolute Gasteiger partial charge is 0.494 e. The third-order valence-corrected chi connectivity index (χ3v) is 5.90. The molecule has 0 atom stereocenters. The van der Waals surface area contributed by atoms with Gasteiger partial charge in [0.15, 0.2) is 5.13 Å². The normalized spacial score (nSPS) is 19.1. The number of anilines is 1. The Labute approximate surface area is 139 Å². The molecule has 1 aliphatic carbocycles. The van der Waals surface area contributed by atoms with Crippen molar-refractivity contribution in [2.24, 2.45) is 5.92 Å². The second-order valence-electron chi connectivity index (χ2n) is 6.40. The Morgan fingerprint density at radius 1 is 1.35 bits per heavy atom. The van der Waals surface area contributed by atoms with E-state index in [1.165, 1.54) is 12.8 Å². The van der Waals surface area contributed by atoms with Crippen molar-refractivity contribution in [1.82, 2.24) is 10.3 Å². The van der Waals surface area contributed by atoms with Crippen molar-refractivity contribution in [2.75, 3.05) is 25.1 Å². The summed E-state index contributed by atoms with van der Waals surface area (Å²) in [6.45, 7) is 1.53. The minimum absolute atomic E-state index is 0.101. The van der Waals surface area contributed by atoms with Gasteiger partial charge in [0.1, 0.15) is 11.3 Å². The van der Waals surface area contributed by atoms with E-state index in [1.807, 2.05) is 12.1 Å². The van der Waals surface area contributed by atoms with Crippen LogP contribution in [0.5, 0.6) is 5.75 Å². The van der Waals surface area contributed by atoms with Crippen molar-refractivity contribution >= 4 is 32.6 Å². The van der Waals surface area contributed by atoms with Crippen LogP contribution < -0.4 is 15.0 Å². The van der Waals surface area contributed by atoms with E-state index in [1.54, 1.807) is 18.4 Å². The first-order valence-corrected chi connectivity index (χ1v) is 9.05. The molecule has 2 aromatic rings. The highest BCUT2D eigenvalue weighted by molar-refractivity contribution is 7.22. The van der Waals surface area contributed by atoms with Crippen molar-refractivity contribution in [2.45, 2.75) is 31.7 Å². The molecule has 1 aromatic heterocycles. The van der Waals surface area contributed by atoms with Gasteiger partial charge in [-0.3, -0.25) is 4.79 Å². The lowest BCUT2D eigenvalue weighted by atomic mass is 9.99. The van der Waals surface area contributed by atoms with Gasteiger partial charge in [-0.25, -0.2) is 4.98 Å². The first kappa shape index (κ1) is 14.8. The number of ether oxygens (including phenoxy) is 1. The van der Waals surface area contributed by atoms with Gasteiger partial charge in [-0.05, 0) is 25.0 Å². The number of aromatic nitrogens is 1. The SMILES string of the molecule is COc1cccc2sc(N3CC(C(=O)NC4CCCC4)C3)nc12. The molecule has 1 aliphatic heterocycles. The number of carbonyl (C=O) groups excluding carboxylic acids is 1. The van der Waals surface area contributed by atoms with Gasteiger partial charge in [0.2, 0.25) is 5.91 Å². The van der Waals surface area contributed by atoms with Gasteiger partial charge in [0.05, 0.1) is 17.7 Å². The van der Waals surface area contributed by atoms with Gasteiger partial charge in [0, 0.05) is 19.1 Å². The number of hydrogen-bond donors (Lipinski definition) is 1. The van der Waals surface area contributed by atoms with E-state index in [2.05, 4.69) is 16.3 Å². The maximum Gasteiger partial charge on any atom is 0.226 e. The van der Waals surface area contributed by atoms with Crippen molar-refractivity contribution in [3.8, 4) is 5.75 Å². The number of rotatable bonds is 4. The Morgan fingerprint density at radius 3 is 2.87 bits per heavy atom. The molecule has 1 aromatic carbocycles. The van der Waals surface area contributed by atoms with E-state index >= 15 is 0 Å². The van der Waals surface area contributed by atoms with E-state index in [0.717, 1.165) is 47.0 Å². The fraction of sp³-hybridized carbons (Fsp3) is 0.529. The van der Waals surface area contributed by atoms with Crippen LogP contribution in [-0.4, -0.2) is 37.1 Å². The van der Waals surface area contributed by atoms with E-state index in [9.17, 15) is 4.79 Å². The molecule has 5 nitrogen and oxygen atoms in total. The predicted octanol–water partition coefficient (Wildman–Crippen LogP) is 2.80. The van der Waals surface area contributed by atoms with Crippen molar-refractivity contribution < 1.29 is 9.53 Å². The lowest BCUT2D eigenvalue weighted by molar-refractivity contribution is -0.126.